The Morgan fingerprint density at radius 1 is 1.24 bits per heavy atom. The zero-order valence-electron chi connectivity index (χ0n) is 9.64. The van der Waals surface area contributed by atoms with E-state index in [1.807, 2.05) is 0 Å². The molecule has 1 heterocycles. The largest absolute Gasteiger partial charge is 0.488 e. The molecule has 0 amide bonds. The second-order valence-electron chi connectivity index (χ2n) is 3.53. The lowest BCUT2D eigenvalue weighted by Crippen LogP contribution is -2.38. The standard InChI is InChI=1S/C12H12N2O3/c1-3-17-12-9(10(15)11(12)16)14(2)8-4-6-13-7-5-8/h4-7H,3H2,1-2H3. The molecule has 0 unspecified atom stereocenters. The fourth-order valence-electron chi connectivity index (χ4n) is 1.64. The summed E-state index contributed by atoms with van der Waals surface area (Å²) in [7, 11) is 1.72. The van der Waals surface area contributed by atoms with Gasteiger partial charge in [-0.05, 0) is 19.1 Å². The lowest BCUT2D eigenvalue weighted by atomic mass is 10.2. The van der Waals surface area contributed by atoms with Crippen LogP contribution in [0.4, 0.5) is 11.4 Å². The number of rotatable bonds is 4. The van der Waals surface area contributed by atoms with Crippen molar-refractivity contribution in [3.05, 3.63) is 45.0 Å². The minimum atomic E-state index is -0.553. The summed E-state index contributed by atoms with van der Waals surface area (Å²) in [6, 6.07) is 3.51. The molecule has 1 aromatic carbocycles. The van der Waals surface area contributed by atoms with E-state index in [1.54, 1.807) is 43.4 Å². The molecular formula is C12H12N2O3. The van der Waals surface area contributed by atoms with Gasteiger partial charge in [0.25, 0.3) is 10.9 Å². The van der Waals surface area contributed by atoms with Gasteiger partial charge in [0, 0.05) is 25.1 Å². The van der Waals surface area contributed by atoms with Gasteiger partial charge in [0.05, 0.1) is 6.61 Å². The number of hydrogen-bond donors (Lipinski definition) is 0. The van der Waals surface area contributed by atoms with Gasteiger partial charge in [-0.25, -0.2) is 0 Å². The molecule has 0 N–H and O–H groups in total. The van der Waals surface area contributed by atoms with Crippen molar-refractivity contribution in [3.8, 4) is 5.75 Å². The summed E-state index contributed by atoms with van der Waals surface area (Å²) < 4.78 is 5.17. The summed E-state index contributed by atoms with van der Waals surface area (Å²) in [4.78, 5) is 28.4. The van der Waals surface area contributed by atoms with E-state index < -0.39 is 10.9 Å². The van der Waals surface area contributed by atoms with E-state index >= 15 is 0 Å². The number of aromatic nitrogens is 1. The van der Waals surface area contributed by atoms with Gasteiger partial charge in [-0.2, -0.15) is 0 Å². The number of anilines is 2. The molecule has 88 valence electrons. The third kappa shape index (κ3) is 1.80. The molecule has 5 nitrogen and oxygen atoms in total. The highest BCUT2D eigenvalue weighted by Gasteiger charge is 2.26. The predicted molar refractivity (Wildman–Crippen MR) is 64.8 cm³/mol. The minimum Gasteiger partial charge on any atom is -0.488 e. The monoisotopic (exact) mass is 232 g/mol. The highest BCUT2D eigenvalue weighted by atomic mass is 16.5. The first-order chi connectivity index (χ1) is 8.16. The first kappa shape index (κ1) is 11.3. The average Bonchev–Trinajstić information content (AvgIpc) is 2.38. The highest BCUT2D eigenvalue weighted by molar-refractivity contribution is 5.71. The fraction of sp³-hybridized carbons (Fsp3) is 0.250. The third-order valence-electron chi connectivity index (χ3n) is 2.52. The molecule has 5 heteroatoms. The Hall–Kier alpha value is -2.17. The summed E-state index contributed by atoms with van der Waals surface area (Å²) in [6.45, 7) is 2.13. The Labute approximate surface area is 98.0 Å². The molecule has 1 aromatic heterocycles. The molecule has 0 aliphatic carbocycles. The van der Waals surface area contributed by atoms with Crippen molar-refractivity contribution in [3.63, 3.8) is 0 Å². The van der Waals surface area contributed by atoms with E-state index in [4.69, 9.17) is 4.74 Å². The lowest BCUT2D eigenvalue weighted by Gasteiger charge is -2.22. The Balaban J connectivity index is 2.39. The van der Waals surface area contributed by atoms with Crippen LogP contribution in [0, 0.1) is 0 Å². The Morgan fingerprint density at radius 3 is 2.47 bits per heavy atom. The molecule has 0 saturated carbocycles. The van der Waals surface area contributed by atoms with Crippen molar-refractivity contribution in [2.24, 2.45) is 0 Å². The lowest BCUT2D eigenvalue weighted by molar-refractivity contribution is 0.334. The van der Waals surface area contributed by atoms with Crippen molar-refractivity contribution in [2.75, 3.05) is 18.6 Å². The maximum absolute atomic E-state index is 11.5. The zero-order chi connectivity index (χ0) is 12.4. The van der Waals surface area contributed by atoms with Crippen LogP contribution >= 0.6 is 0 Å². The third-order valence-corrected chi connectivity index (χ3v) is 2.52. The Morgan fingerprint density at radius 2 is 1.88 bits per heavy atom. The maximum Gasteiger partial charge on any atom is 0.272 e. The van der Waals surface area contributed by atoms with Crippen molar-refractivity contribution in [1.29, 1.82) is 0 Å². The molecule has 0 saturated heterocycles. The van der Waals surface area contributed by atoms with Crippen LogP contribution in [0.2, 0.25) is 0 Å². The van der Waals surface area contributed by atoms with E-state index in [0.29, 0.717) is 12.3 Å². The van der Waals surface area contributed by atoms with Crippen LogP contribution in [-0.2, 0) is 0 Å². The molecule has 0 fully saturated rings. The summed E-state index contributed by atoms with van der Waals surface area (Å²) in [6.07, 6.45) is 3.25. The van der Waals surface area contributed by atoms with E-state index in [-0.39, 0.29) is 5.75 Å². The fourth-order valence-corrected chi connectivity index (χ4v) is 1.64. The molecule has 0 radical (unpaired) electrons. The summed E-state index contributed by atoms with van der Waals surface area (Å²) in [5.74, 6) is 0.150. The average molecular weight is 232 g/mol. The molecule has 2 aromatic rings. The first-order valence-corrected chi connectivity index (χ1v) is 5.26. The van der Waals surface area contributed by atoms with Crippen LogP contribution < -0.4 is 20.5 Å². The zero-order valence-corrected chi connectivity index (χ0v) is 9.64. The van der Waals surface area contributed by atoms with Crippen LogP contribution in [0.15, 0.2) is 34.1 Å². The van der Waals surface area contributed by atoms with Gasteiger partial charge in [-0.15, -0.1) is 0 Å². The highest BCUT2D eigenvalue weighted by Crippen LogP contribution is 2.27. The van der Waals surface area contributed by atoms with Gasteiger partial charge in [0.15, 0.2) is 5.75 Å². The van der Waals surface area contributed by atoms with Gasteiger partial charge in [0.2, 0.25) is 0 Å². The van der Waals surface area contributed by atoms with Gasteiger partial charge in [-0.1, -0.05) is 0 Å². The smallest absolute Gasteiger partial charge is 0.272 e. The molecule has 2 rings (SSSR count). The van der Waals surface area contributed by atoms with Crippen LogP contribution in [0.5, 0.6) is 5.75 Å². The first-order valence-electron chi connectivity index (χ1n) is 5.26. The van der Waals surface area contributed by atoms with E-state index in [0.717, 1.165) is 5.69 Å². The van der Waals surface area contributed by atoms with Gasteiger partial charge >= 0.3 is 0 Å². The van der Waals surface area contributed by atoms with E-state index in [9.17, 15) is 9.59 Å². The topological polar surface area (TPSA) is 59.5 Å². The van der Waals surface area contributed by atoms with Crippen molar-refractivity contribution in [2.45, 2.75) is 6.92 Å². The minimum absolute atomic E-state index is 0.150. The molecule has 0 atom stereocenters. The van der Waals surface area contributed by atoms with Crippen molar-refractivity contribution in [1.82, 2.24) is 4.98 Å². The Bertz CT molecular complexity index is 585. The van der Waals surface area contributed by atoms with E-state index in [1.165, 1.54) is 0 Å². The number of ether oxygens (including phenoxy) is 1. The maximum atomic E-state index is 11.5. The molecule has 0 aliphatic heterocycles. The van der Waals surface area contributed by atoms with Gasteiger partial charge in [-0.3, -0.25) is 14.6 Å². The van der Waals surface area contributed by atoms with Crippen LogP contribution in [-0.4, -0.2) is 18.6 Å². The van der Waals surface area contributed by atoms with Crippen molar-refractivity contribution >= 4 is 11.4 Å². The van der Waals surface area contributed by atoms with Crippen LogP contribution in [0.3, 0.4) is 0 Å². The van der Waals surface area contributed by atoms with E-state index in [2.05, 4.69) is 4.98 Å². The van der Waals surface area contributed by atoms with Crippen LogP contribution in [0.1, 0.15) is 6.92 Å². The van der Waals surface area contributed by atoms with Crippen molar-refractivity contribution < 1.29 is 4.74 Å². The van der Waals surface area contributed by atoms with Crippen LogP contribution in [0.25, 0.3) is 0 Å². The SMILES string of the molecule is CCOc1c(N(C)c2ccncc2)c(=O)c1=O. The Kier molecular flexibility index (Phi) is 2.91. The number of hydrogen-bond acceptors (Lipinski definition) is 5. The second kappa shape index (κ2) is 4.37. The second-order valence-corrected chi connectivity index (χ2v) is 3.53. The summed E-state index contributed by atoms with van der Waals surface area (Å²) >= 11 is 0. The summed E-state index contributed by atoms with van der Waals surface area (Å²) in [5, 5.41) is 0. The number of pyridine rings is 1. The van der Waals surface area contributed by atoms with Gasteiger partial charge in [0.1, 0.15) is 5.69 Å². The molecule has 0 aliphatic rings. The molecular weight excluding hydrogens is 220 g/mol. The number of nitrogens with zero attached hydrogens (tertiary/aromatic N) is 2. The van der Waals surface area contributed by atoms with Gasteiger partial charge < -0.3 is 9.64 Å². The predicted octanol–water partition coefficient (Wildman–Crippen LogP) is 0.844. The molecule has 0 spiro atoms. The molecule has 17 heavy (non-hydrogen) atoms. The normalized spacial score (nSPS) is 10.5. The summed E-state index contributed by atoms with van der Waals surface area (Å²) in [5.41, 5.74) is 0.0339. The quantitative estimate of drug-likeness (QED) is 0.731. The molecule has 0 bridgehead atoms.